The maximum Gasteiger partial charge on any atom is 0.335 e. The highest BCUT2D eigenvalue weighted by atomic mass is 35.5. The van der Waals surface area contributed by atoms with Crippen molar-refractivity contribution in [1.29, 1.82) is 0 Å². The third kappa shape index (κ3) is 2.61. The molecule has 2 nitrogen and oxygen atoms in total. The Morgan fingerprint density at radius 1 is 1.21 bits per heavy atom. The van der Waals surface area contributed by atoms with Crippen LogP contribution in [0.5, 0.6) is 0 Å². The lowest BCUT2D eigenvalue weighted by molar-refractivity contribution is 0.0697. The fourth-order valence-corrected chi connectivity index (χ4v) is 2.38. The smallest absolute Gasteiger partial charge is 0.335 e. The van der Waals surface area contributed by atoms with E-state index in [-0.39, 0.29) is 16.4 Å². The van der Waals surface area contributed by atoms with Crippen LogP contribution in [0.25, 0.3) is 11.1 Å². The first-order valence-corrected chi connectivity index (χ1v) is 6.08. The standard InChI is InChI=1S/C15H12ClFO2/c1-8-5-9(2)14(13(17)6-8)11-4-3-10(15(18)19)7-12(11)16/h3-7H,1-2H3,(H,18,19). The summed E-state index contributed by atoms with van der Waals surface area (Å²) in [5.74, 6) is -1.42. The number of carboxylic acids is 1. The molecule has 2 rings (SSSR count). The minimum absolute atomic E-state index is 0.0823. The van der Waals surface area contributed by atoms with Crippen LogP contribution in [0.1, 0.15) is 21.5 Å². The lowest BCUT2D eigenvalue weighted by Crippen LogP contribution is -1.97. The quantitative estimate of drug-likeness (QED) is 0.880. The van der Waals surface area contributed by atoms with E-state index >= 15 is 0 Å². The molecule has 0 aliphatic carbocycles. The van der Waals surface area contributed by atoms with E-state index in [0.717, 1.165) is 11.1 Å². The number of rotatable bonds is 2. The van der Waals surface area contributed by atoms with Gasteiger partial charge in [-0.05, 0) is 43.2 Å². The van der Waals surface area contributed by atoms with E-state index in [1.54, 1.807) is 6.92 Å². The van der Waals surface area contributed by atoms with Crippen LogP contribution in [-0.2, 0) is 0 Å². The van der Waals surface area contributed by atoms with Crippen LogP contribution >= 0.6 is 11.6 Å². The second-order valence-corrected chi connectivity index (χ2v) is 4.85. The average Bonchev–Trinajstić information content (AvgIpc) is 2.29. The number of carboxylic acid groups (broad SMARTS) is 1. The third-order valence-corrected chi connectivity index (χ3v) is 3.23. The summed E-state index contributed by atoms with van der Waals surface area (Å²) in [6, 6.07) is 7.58. The van der Waals surface area contributed by atoms with Gasteiger partial charge in [-0.1, -0.05) is 23.7 Å². The van der Waals surface area contributed by atoms with Gasteiger partial charge < -0.3 is 5.11 Å². The summed E-state index contributed by atoms with van der Waals surface area (Å²) >= 11 is 6.06. The normalized spacial score (nSPS) is 10.5. The van der Waals surface area contributed by atoms with Gasteiger partial charge in [0.25, 0.3) is 0 Å². The third-order valence-electron chi connectivity index (χ3n) is 2.92. The predicted octanol–water partition coefficient (Wildman–Crippen LogP) is 4.46. The molecule has 2 aromatic rings. The lowest BCUT2D eigenvalue weighted by atomic mass is 9.97. The van der Waals surface area contributed by atoms with Crippen molar-refractivity contribution in [3.8, 4) is 11.1 Å². The zero-order valence-electron chi connectivity index (χ0n) is 10.5. The second kappa shape index (κ2) is 5.02. The van der Waals surface area contributed by atoms with Gasteiger partial charge in [0, 0.05) is 16.1 Å². The van der Waals surface area contributed by atoms with Crippen molar-refractivity contribution in [2.45, 2.75) is 13.8 Å². The molecule has 0 aromatic heterocycles. The number of hydrogen-bond donors (Lipinski definition) is 1. The molecule has 2 aromatic carbocycles. The summed E-state index contributed by atoms with van der Waals surface area (Å²) < 4.78 is 14.1. The van der Waals surface area contributed by atoms with E-state index in [1.807, 2.05) is 13.0 Å². The molecule has 0 bridgehead atoms. The van der Waals surface area contributed by atoms with Gasteiger partial charge in [-0.3, -0.25) is 0 Å². The first kappa shape index (κ1) is 13.6. The molecule has 19 heavy (non-hydrogen) atoms. The van der Waals surface area contributed by atoms with Gasteiger partial charge in [-0.2, -0.15) is 0 Å². The summed E-state index contributed by atoms with van der Waals surface area (Å²) in [6.45, 7) is 3.61. The molecule has 0 radical (unpaired) electrons. The fourth-order valence-electron chi connectivity index (χ4n) is 2.11. The number of hydrogen-bond acceptors (Lipinski definition) is 1. The van der Waals surface area contributed by atoms with E-state index in [2.05, 4.69) is 0 Å². The molecule has 0 saturated carbocycles. The van der Waals surface area contributed by atoms with E-state index in [0.29, 0.717) is 11.1 Å². The molecule has 0 aliphatic heterocycles. The van der Waals surface area contributed by atoms with Gasteiger partial charge in [0.15, 0.2) is 0 Å². The summed E-state index contributed by atoms with van der Waals surface area (Å²) in [4.78, 5) is 10.8. The van der Waals surface area contributed by atoms with Crippen LogP contribution in [0.15, 0.2) is 30.3 Å². The SMILES string of the molecule is Cc1cc(C)c(-c2ccc(C(=O)O)cc2Cl)c(F)c1. The van der Waals surface area contributed by atoms with E-state index in [4.69, 9.17) is 16.7 Å². The van der Waals surface area contributed by atoms with Crippen LogP contribution in [0, 0.1) is 19.7 Å². The molecular formula is C15H12ClFO2. The van der Waals surface area contributed by atoms with Crippen molar-refractivity contribution < 1.29 is 14.3 Å². The Morgan fingerprint density at radius 2 is 1.89 bits per heavy atom. The zero-order chi connectivity index (χ0) is 14.2. The number of carbonyl (C=O) groups is 1. The van der Waals surface area contributed by atoms with Crippen molar-refractivity contribution in [3.05, 3.63) is 57.9 Å². The van der Waals surface area contributed by atoms with Gasteiger partial charge >= 0.3 is 5.97 Å². The van der Waals surface area contributed by atoms with Gasteiger partial charge in [0.1, 0.15) is 5.82 Å². The topological polar surface area (TPSA) is 37.3 Å². The molecule has 1 N–H and O–H groups in total. The first-order valence-electron chi connectivity index (χ1n) is 5.70. The number of benzene rings is 2. The Balaban J connectivity index is 2.63. The summed E-state index contributed by atoms with van der Waals surface area (Å²) in [5.41, 5.74) is 2.59. The van der Waals surface area contributed by atoms with E-state index in [1.165, 1.54) is 24.3 Å². The minimum Gasteiger partial charge on any atom is -0.478 e. The molecule has 0 spiro atoms. The monoisotopic (exact) mass is 278 g/mol. The van der Waals surface area contributed by atoms with Crippen molar-refractivity contribution in [2.24, 2.45) is 0 Å². The highest BCUT2D eigenvalue weighted by Gasteiger charge is 2.14. The highest BCUT2D eigenvalue weighted by Crippen LogP contribution is 2.33. The Morgan fingerprint density at radius 3 is 2.42 bits per heavy atom. The Bertz CT molecular complexity index is 642. The van der Waals surface area contributed by atoms with Gasteiger partial charge in [0.05, 0.1) is 5.56 Å². The minimum atomic E-state index is -1.06. The molecule has 0 saturated heterocycles. The van der Waals surface area contributed by atoms with Crippen molar-refractivity contribution in [1.82, 2.24) is 0 Å². The molecule has 0 atom stereocenters. The molecule has 0 aliphatic rings. The van der Waals surface area contributed by atoms with Gasteiger partial charge in [-0.25, -0.2) is 9.18 Å². The molecule has 0 fully saturated rings. The molecular weight excluding hydrogens is 267 g/mol. The first-order chi connectivity index (χ1) is 8.90. The summed E-state index contributed by atoms with van der Waals surface area (Å²) in [7, 11) is 0. The van der Waals surface area contributed by atoms with E-state index in [9.17, 15) is 9.18 Å². The van der Waals surface area contributed by atoms with Gasteiger partial charge in [-0.15, -0.1) is 0 Å². The Hall–Kier alpha value is -1.87. The number of aromatic carboxylic acids is 1. The maximum absolute atomic E-state index is 14.1. The highest BCUT2D eigenvalue weighted by molar-refractivity contribution is 6.33. The summed E-state index contributed by atoms with van der Waals surface area (Å²) in [5, 5.41) is 9.11. The van der Waals surface area contributed by atoms with E-state index < -0.39 is 5.97 Å². The van der Waals surface area contributed by atoms with Crippen LogP contribution in [0.4, 0.5) is 4.39 Å². The van der Waals surface area contributed by atoms with Crippen molar-refractivity contribution in [3.63, 3.8) is 0 Å². The number of halogens is 2. The molecule has 0 amide bonds. The van der Waals surface area contributed by atoms with Crippen LogP contribution in [0.2, 0.25) is 5.02 Å². The van der Waals surface area contributed by atoms with Crippen LogP contribution in [-0.4, -0.2) is 11.1 Å². The van der Waals surface area contributed by atoms with Crippen LogP contribution in [0.3, 0.4) is 0 Å². The largest absolute Gasteiger partial charge is 0.478 e. The van der Waals surface area contributed by atoms with Crippen molar-refractivity contribution >= 4 is 17.6 Å². The zero-order valence-corrected chi connectivity index (χ0v) is 11.3. The molecule has 0 heterocycles. The lowest BCUT2D eigenvalue weighted by Gasteiger charge is -2.11. The number of aryl methyl sites for hydroxylation is 2. The Kier molecular flexibility index (Phi) is 3.58. The average molecular weight is 279 g/mol. The van der Waals surface area contributed by atoms with Crippen LogP contribution < -0.4 is 0 Å². The predicted molar refractivity (Wildman–Crippen MR) is 73.3 cm³/mol. The molecule has 4 heteroatoms. The van der Waals surface area contributed by atoms with Gasteiger partial charge in [0.2, 0.25) is 0 Å². The maximum atomic E-state index is 14.1. The Labute approximate surface area is 115 Å². The second-order valence-electron chi connectivity index (χ2n) is 4.44. The molecule has 98 valence electrons. The summed E-state index contributed by atoms with van der Waals surface area (Å²) in [6.07, 6.45) is 0. The van der Waals surface area contributed by atoms with Crippen molar-refractivity contribution in [2.75, 3.05) is 0 Å². The molecule has 0 unspecified atom stereocenters. The fraction of sp³-hybridized carbons (Fsp3) is 0.133.